The maximum atomic E-state index is 11.0. The van der Waals surface area contributed by atoms with Crippen molar-refractivity contribution in [3.05, 3.63) is 48.5 Å². The van der Waals surface area contributed by atoms with Gasteiger partial charge in [-0.1, -0.05) is 6.07 Å². The van der Waals surface area contributed by atoms with Crippen LogP contribution in [0.5, 0.6) is 0 Å². The van der Waals surface area contributed by atoms with Crippen molar-refractivity contribution in [2.75, 3.05) is 0 Å². The highest BCUT2D eigenvalue weighted by Gasteiger charge is 2.10. The van der Waals surface area contributed by atoms with Gasteiger partial charge in [-0.2, -0.15) is 27.1 Å². The van der Waals surface area contributed by atoms with Gasteiger partial charge in [-0.3, -0.25) is 9.11 Å². The van der Waals surface area contributed by atoms with Crippen LogP contribution in [0.15, 0.2) is 62.5 Å². The molecule has 0 aliphatic rings. The van der Waals surface area contributed by atoms with Crippen LogP contribution < -0.4 is 0 Å². The van der Waals surface area contributed by atoms with Gasteiger partial charge in [-0.15, -0.1) is 0 Å². The third-order valence-electron chi connectivity index (χ3n) is 2.45. The molecule has 2 aromatic carbocycles. The number of nitrogens with zero attached hydrogens (tertiary/aromatic N) is 2. The van der Waals surface area contributed by atoms with Crippen molar-refractivity contribution in [3.63, 3.8) is 0 Å². The second kappa shape index (κ2) is 5.93. The third-order valence-corrected chi connectivity index (χ3v) is 4.11. The zero-order valence-corrected chi connectivity index (χ0v) is 12.4. The molecule has 0 amide bonds. The topological polar surface area (TPSA) is 133 Å². The summed E-state index contributed by atoms with van der Waals surface area (Å²) in [6.45, 7) is 0. The quantitative estimate of drug-likeness (QED) is 0.648. The van der Waals surface area contributed by atoms with E-state index < -0.39 is 25.1 Å². The molecule has 0 aliphatic heterocycles. The lowest BCUT2D eigenvalue weighted by Gasteiger charge is -1.98. The molecule has 0 heterocycles. The zero-order valence-electron chi connectivity index (χ0n) is 10.8. The van der Waals surface area contributed by atoms with Crippen molar-refractivity contribution in [1.29, 1.82) is 0 Å². The van der Waals surface area contributed by atoms with Crippen LogP contribution in [0.3, 0.4) is 0 Å². The average molecular weight is 341 g/mol. The summed E-state index contributed by atoms with van der Waals surface area (Å²) in [5, 5.41) is 7.54. The highest BCUT2D eigenvalue weighted by Crippen LogP contribution is 2.22. The van der Waals surface area contributed by atoms with Crippen LogP contribution in [0.25, 0.3) is 0 Å². The maximum Gasteiger partial charge on any atom is 0.295 e. The molecule has 22 heavy (non-hydrogen) atoms. The first kappa shape index (κ1) is 16.2. The Morgan fingerprint density at radius 2 is 1.41 bits per heavy atom. The molecule has 0 saturated carbocycles. The van der Waals surface area contributed by atoms with Gasteiger partial charge in [0.05, 0.1) is 16.3 Å². The Bertz CT molecular complexity index is 918. The van der Waals surface area contributed by atoms with Gasteiger partial charge in [0.2, 0.25) is 0 Å². The standard InChI is InChI=1S/C12H9N2O6S2/c15-21(16,17)11-6-4-9(5-7-11)13-14-10-2-1-3-12(8-10)22(18,19)20/h1-2,4-8H,(H,15,16,17)(H,18,19,20). The fourth-order valence-corrected chi connectivity index (χ4v) is 2.41. The van der Waals surface area contributed by atoms with Gasteiger partial charge in [0, 0.05) is 6.07 Å². The van der Waals surface area contributed by atoms with Crippen LogP contribution in [0.1, 0.15) is 0 Å². The molecule has 2 aromatic rings. The average Bonchev–Trinajstić information content (AvgIpc) is 2.44. The maximum absolute atomic E-state index is 11.0. The Morgan fingerprint density at radius 1 is 0.818 bits per heavy atom. The van der Waals surface area contributed by atoms with Gasteiger partial charge in [-0.25, -0.2) is 0 Å². The van der Waals surface area contributed by atoms with E-state index in [1.54, 1.807) is 0 Å². The summed E-state index contributed by atoms with van der Waals surface area (Å²) >= 11 is 0. The molecular weight excluding hydrogens is 332 g/mol. The number of hydrogen-bond donors (Lipinski definition) is 2. The molecule has 0 aromatic heterocycles. The fourth-order valence-electron chi connectivity index (χ4n) is 1.44. The van der Waals surface area contributed by atoms with Gasteiger partial charge in [0.15, 0.2) is 0 Å². The molecule has 2 rings (SSSR count). The van der Waals surface area contributed by atoms with E-state index in [2.05, 4.69) is 16.3 Å². The van der Waals surface area contributed by atoms with Crippen LogP contribution in [0, 0.1) is 6.07 Å². The van der Waals surface area contributed by atoms with Crippen LogP contribution in [0.4, 0.5) is 11.4 Å². The Morgan fingerprint density at radius 3 is 1.95 bits per heavy atom. The molecule has 0 spiro atoms. The first-order valence-corrected chi connectivity index (χ1v) is 8.53. The second-order valence-electron chi connectivity index (χ2n) is 4.06. The second-order valence-corrected chi connectivity index (χ2v) is 6.87. The molecule has 0 unspecified atom stereocenters. The first-order valence-electron chi connectivity index (χ1n) is 5.65. The first-order chi connectivity index (χ1) is 10.2. The smallest absolute Gasteiger partial charge is 0.282 e. The Balaban J connectivity index is 2.26. The Labute approximate surface area is 126 Å². The monoisotopic (exact) mass is 341 g/mol. The third kappa shape index (κ3) is 4.18. The highest BCUT2D eigenvalue weighted by atomic mass is 32.2. The van der Waals surface area contributed by atoms with E-state index in [4.69, 9.17) is 9.11 Å². The molecule has 0 aliphatic carbocycles. The number of rotatable bonds is 4. The molecule has 1 radical (unpaired) electrons. The van der Waals surface area contributed by atoms with Crippen molar-refractivity contribution >= 4 is 31.6 Å². The molecule has 0 atom stereocenters. The largest absolute Gasteiger partial charge is 0.295 e. The Kier molecular flexibility index (Phi) is 4.37. The molecule has 0 fully saturated rings. The van der Waals surface area contributed by atoms with E-state index in [9.17, 15) is 16.8 Å². The van der Waals surface area contributed by atoms with Gasteiger partial charge < -0.3 is 0 Å². The molecule has 0 saturated heterocycles. The minimum Gasteiger partial charge on any atom is -0.282 e. The van der Waals surface area contributed by atoms with Gasteiger partial charge in [0.1, 0.15) is 4.90 Å². The molecular formula is C12H9N2O6S2. The van der Waals surface area contributed by atoms with Crippen LogP contribution >= 0.6 is 0 Å². The van der Waals surface area contributed by atoms with Crippen molar-refractivity contribution in [3.8, 4) is 0 Å². The van der Waals surface area contributed by atoms with E-state index in [-0.39, 0.29) is 16.3 Å². The lowest BCUT2D eigenvalue weighted by Crippen LogP contribution is -1.97. The number of benzene rings is 2. The fraction of sp³-hybridized carbons (Fsp3) is 0. The van der Waals surface area contributed by atoms with Crippen molar-refractivity contribution in [2.45, 2.75) is 9.79 Å². The van der Waals surface area contributed by atoms with E-state index in [0.29, 0.717) is 0 Å². The van der Waals surface area contributed by atoms with Crippen LogP contribution in [-0.2, 0) is 20.2 Å². The molecule has 115 valence electrons. The molecule has 2 N–H and O–H groups in total. The minimum atomic E-state index is -4.38. The summed E-state index contributed by atoms with van der Waals surface area (Å²) in [5.41, 5.74) is 0.443. The summed E-state index contributed by atoms with van der Waals surface area (Å²) in [5.74, 6) is 0. The summed E-state index contributed by atoms with van der Waals surface area (Å²) in [6.07, 6.45) is 0. The van der Waals surface area contributed by atoms with E-state index >= 15 is 0 Å². The van der Waals surface area contributed by atoms with E-state index in [1.165, 1.54) is 24.3 Å². The summed E-state index contributed by atoms with van der Waals surface area (Å²) in [7, 11) is -8.66. The summed E-state index contributed by atoms with van der Waals surface area (Å²) < 4.78 is 61.4. The van der Waals surface area contributed by atoms with E-state index in [0.717, 1.165) is 18.2 Å². The highest BCUT2D eigenvalue weighted by molar-refractivity contribution is 7.86. The predicted molar refractivity (Wildman–Crippen MR) is 75.5 cm³/mol. The van der Waals surface area contributed by atoms with Crippen LogP contribution in [-0.4, -0.2) is 25.9 Å². The predicted octanol–water partition coefficient (Wildman–Crippen LogP) is 2.40. The number of hydrogen-bond acceptors (Lipinski definition) is 6. The molecule has 8 nitrogen and oxygen atoms in total. The lowest BCUT2D eigenvalue weighted by atomic mass is 10.3. The van der Waals surface area contributed by atoms with E-state index in [1.807, 2.05) is 0 Å². The van der Waals surface area contributed by atoms with Crippen LogP contribution in [0.2, 0.25) is 0 Å². The number of azo groups is 1. The Hall–Kier alpha value is -2.14. The van der Waals surface area contributed by atoms with Crippen molar-refractivity contribution in [1.82, 2.24) is 0 Å². The van der Waals surface area contributed by atoms with Gasteiger partial charge >= 0.3 is 0 Å². The molecule has 0 bridgehead atoms. The molecule has 10 heteroatoms. The summed E-state index contributed by atoms with van der Waals surface area (Å²) in [4.78, 5) is -0.722. The van der Waals surface area contributed by atoms with Crippen molar-refractivity contribution < 1.29 is 25.9 Å². The van der Waals surface area contributed by atoms with Gasteiger partial charge in [-0.05, 0) is 36.4 Å². The normalized spacial score (nSPS) is 12.6. The zero-order chi connectivity index (χ0) is 16.4. The lowest BCUT2D eigenvalue weighted by molar-refractivity contribution is 0.481. The SMILES string of the molecule is O=S(=O)(O)c1[c]ccc(N=Nc2ccc(S(=O)(=O)O)cc2)c1. The van der Waals surface area contributed by atoms with Gasteiger partial charge in [0.25, 0.3) is 20.2 Å². The summed E-state index contributed by atoms with van der Waals surface area (Å²) in [6, 6.07) is 11.0. The van der Waals surface area contributed by atoms with Crippen molar-refractivity contribution in [2.24, 2.45) is 10.2 Å². The minimum absolute atomic E-state index is 0.158.